The van der Waals surface area contributed by atoms with Crippen molar-refractivity contribution in [3.8, 4) is 0 Å². The number of benzene rings is 1. The summed E-state index contributed by atoms with van der Waals surface area (Å²) in [5, 5.41) is 8.98. The number of nitrogens with zero attached hydrogens (tertiary/aromatic N) is 1. The summed E-state index contributed by atoms with van der Waals surface area (Å²) in [7, 11) is 2.16. The van der Waals surface area contributed by atoms with E-state index in [9.17, 15) is 4.79 Å². The molecular weight excluding hydrogens is 290 g/mol. The Balaban J connectivity index is 2.05. The van der Waals surface area contributed by atoms with E-state index in [2.05, 4.69) is 32.7 Å². The Bertz CT molecular complexity index is 522. The van der Waals surface area contributed by atoms with Crippen molar-refractivity contribution in [3.05, 3.63) is 35.4 Å². The van der Waals surface area contributed by atoms with Gasteiger partial charge in [0.25, 0.3) is 0 Å². The zero-order valence-electron chi connectivity index (χ0n) is 14.7. The first-order valence-corrected chi connectivity index (χ1v) is 8.62. The Morgan fingerprint density at radius 1 is 1.26 bits per heavy atom. The topological polar surface area (TPSA) is 49.8 Å². The Hall–Kier alpha value is -1.39. The Labute approximate surface area is 139 Å². The van der Waals surface area contributed by atoms with Gasteiger partial charge >= 0.3 is 5.97 Å². The van der Waals surface area contributed by atoms with Crippen LogP contribution in [0.5, 0.6) is 0 Å². The van der Waals surface area contributed by atoms with Crippen LogP contribution in [0, 0.1) is 5.41 Å². The lowest BCUT2D eigenvalue weighted by atomic mass is 9.58. The predicted octanol–water partition coefficient (Wildman–Crippen LogP) is 3.80. The summed E-state index contributed by atoms with van der Waals surface area (Å²) in [6.45, 7) is 8.20. The van der Waals surface area contributed by atoms with Gasteiger partial charge in [0, 0.05) is 24.6 Å². The van der Waals surface area contributed by atoms with Crippen molar-refractivity contribution in [1.29, 1.82) is 0 Å². The second kappa shape index (κ2) is 7.45. The molecule has 2 unspecified atom stereocenters. The summed E-state index contributed by atoms with van der Waals surface area (Å²) in [5.41, 5.74) is 1.73. The van der Waals surface area contributed by atoms with Crippen LogP contribution in [0.25, 0.3) is 0 Å². The zero-order valence-corrected chi connectivity index (χ0v) is 14.7. The molecule has 0 amide bonds. The first-order valence-electron chi connectivity index (χ1n) is 8.62. The van der Waals surface area contributed by atoms with Gasteiger partial charge in [-0.1, -0.05) is 26.0 Å². The molecule has 0 saturated heterocycles. The maximum absolute atomic E-state index is 10.9. The Kier molecular flexibility index (Phi) is 5.82. The molecule has 0 bridgehead atoms. The Morgan fingerprint density at radius 3 is 2.35 bits per heavy atom. The molecule has 2 rings (SSSR count). The van der Waals surface area contributed by atoms with Gasteiger partial charge in [0.15, 0.2) is 0 Å². The van der Waals surface area contributed by atoms with Gasteiger partial charge < -0.3 is 9.84 Å². The monoisotopic (exact) mass is 319 g/mol. The highest BCUT2D eigenvalue weighted by Crippen LogP contribution is 2.51. The normalized spacial score (nSPS) is 22.8. The van der Waals surface area contributed by atoms with Crippen molar-refractivity contribution in [1.82, 2.24) is 4.90 Å². The molecule has 4 heteroatoms. The lowest BCUT2D eigenvalue weighted by Gasteiger charge is -2.58. The largest absolute Gasteiger partial charge is 0.478 e. The van der Waals surface area contributed by atoms with Crippen LogP contribution in [0.4, 0.5) is 0 Å². The smallest absolute Gasteiger partial charge is 0.335 e. The number of ether oxygens (including phenoxy) is 1. The van der Waals surface area contributed by atoms with E-state index in [1.807, 2.05) is 12.1 Å². The number of aromatic carboxylic acids is 1. The molecule has 1 aromatic carbocycles. The molecule has 0 spiro atoms. The summed E-state index contributed by atoms with van der Waals surface area (Å²) >= 11 is 0. The van der Waals surface area contributed by atoms with Gasteiger partial charge in [-0.15, -0.1) is 0 Å². The highest BCUT2D eigenvalue weighted by Gasteiger charge is 2.54. The minimum atomic E-state index is -0.876. The molecular formula is C19H29NO3. The minimum Gasteiger partial charge on any atom is -0.478 e. The van der Waals surface area contributed by atoms with E-state index in [0.717, 1.165) is 38.0 Å². The zero-order chi connectivity index (χ0) is 17.0. The lowest BCUT2D eigenvalue weighted by Crippen LogP contribution is -2.63. The van der Waals surface area contributed by atoms with E-state index in [1.165, 1.54) is 0 Å². The molecule has 0 radical (unpaired) electrons. The van der Waals surface area contributed by atoms with E-state index in [4.69, 9.17) is 9.84 Å². The fraction of sp³-hybridized carbons (Fsp3) is 0.632. The van der Waals surface area contributed by atoms with Crippen molar-refractivity contribution in [2.45, 2.75) is 58.7 Å². The van der Waals surface area contributed by atoms with Crippen molar-refractivity contribution < 1.29 is 14.6 Å². The molecule has 23 heavy (non-hydrogen) atoms. The molecule has 0 aliphatic heterocycles. The third-order valence-corrected chi connectivity index (χ3v) is 5.59. The van der Waals surface area contributed by atoms with E-state index in [-0.39, 0.29) is 5.41 Å². The number of carbonyl (C=O) groups is 1. The van der Waals surface area contributed by atoms with Gasteiger partial charge in [0.1, 0.15) is 0 Å². The minimum absolute atomic E-state index is 0.242. The average molecular weight is 319 g/mol. The molecule has 1 N–H and O–H groups in total. The molecule has 1 saturated carbocycles. The molecule has 2 atom stereocenters. The Morgan fingerprint density at radius 2 is 1.87 bits per heavy atom. The van der Waals surface area contributed by atoms with Crippen LogP contribution in [-0.2, 0) is 11.3 Å². The summed E-state index contributed by atoms with van der Waals surface area (Å²) in [6, 6.07) is 7.72. The number of hydrogen-bond acceptors (Lipinski definition) is 3. The maximum atomic E-state index is 10.9. The van der Waals surface area contributed by atoms with E-state index < -0.39 is 5.97 Å². The molecule has 1 aliphatic rings. The first kappa shape index (κ1) is 18.0. The molecule has 1 aliphatic carbocycles. The van der Waals surface area contributed by atoms with Crippen LogP contribution in [0.3, 0.4) is 0 Å². The molecule has 1 fully saturated rings. The first-order chi connectivity index (χ1) is 11.0. The molecule has 0 aromatic heterocycles. The van der Waals surface area contributed by atoms with Gasteiger partial charge in [-0.2, -0.15) is 0 Å². The molecule has 1 aromatic rings. The van der Waals surface area contributed by atoms with Gasteiger partial charge in [-0.05, 0) is 50.9 Å². The van der Waals surface area contributed by atoms with Gasteiger partial charge in [-0.25, -0.2) is 4.79 Å². The van der Waals surface area contributed by atoms with Crippen LogP contribution in [0.15, 0.2) is 24.3 Å². The fourth-order valence-corrected chi connectivity index (χ4v) is 4.11. The van der Waals surface area contributed by atoms with Gasteiger partial charge in [0.05, 0.1) is 11.7 Å². The molecule has 4 nitrogen and oxygen atoms in total. The average Bonchev–Trinajstić information content (AvgIpc) is 2.52. The van der Waals surface area contributed by atoms with Gasteiger partial charge in [-0.3, -0.25) is 4.90 Å². The summed E-state index contributed by atoms with van der Waals surface area (Å²) in [5.74, 6) is -0.876. The van der Waals surface area contributed by atoms with Gasteiger partial charge in [0.2, 0.25) is 0 Å². The van der Waals surface area contributed by atoms with E-state index in [1.54, 1.807) is 12.1 Å². The van der Waals surface area contributed by atoms with Crippen molar-refractivity contribution in [2.24, 2.45) is 5.41 Å². The molecule has 0 heterocycles. The van der Waals surface area contributed by atoms with Crippen molar-refractivity contribution in [2.75, 3.05) is 13.7 Å². The van der Waals surface area contributed by atoms with Crippen molar-refractivity contribution in [3.63, 3.8) is 0 Å². The number of carboxylic acids is 1. The van der Waals surface area contributed by atoms with Crippen LogP contribution in [0.1, 0.15) is 56.0 Å². The number of carboxylic acid groups (broad SMARTS) is 1. The maximum Gasteiger partial charge on any atom is 0.335 e. The van der Waals surface area contributed by atoms with Crippen molar-refractivity contribution >= 4 is 5.97 Å². The second-order valence-electron chi connectivity index (χ2n) is 6.55. The summed E-state index contributed by atoms with van der Waals surface area (Å²) < 4.78 is 5.96. The third-order valence-electron chi connectivity index (χ3n) is 5.59. The quantitative estimate of drug-likeness (QED) is 0.792. The highest BCUT2D eigenvalue weighted by atomic mass is 16.5. The van der Waals surface area contributed by atoms with E-state index >= 15 is 0 Å². The second-order valence-corrected chi connectivity index (χ2v) is 6.55. The molecule has 128 valence electrons. The van der Waals surface area contributed by atoms with Crippen LogP contribution in [-0.4, -0.2) is 41.8 Å². The highest BCUT2D eigenvalue weighted by molar-refractivity contribution is 5.87. The van der Waals surface area contributed by atoms with Crippen LogP contribution >= 0.6 is 0 Å². The third kappa shape index (κ3) is 3.43. The lowest BCUT2D eigenvalue weighted by molar-refractivity contribution is -0.169. The van der Waals surface area contributed by atoms with Crippen LogP contribution in [0.2, 0.25) is 0 Å². The standard InChI is InChI=1S/C19H29NO3/c1-5-19(6-2)16(12-17(19)23-7-3)20(4)13-14-8-10-15(11-9-14)18(21)22/h8-11,16-17H,5-7,12-13H2,1-4H3,(H,21,22). The number of hydrogen-bond donors (Lipinski definition) is 1. The fourth-order valence-electron chi connectivity index (χ4n) is 4.11. The predicted molar refractivity (Wildman–Crippen MR) is 91.7 cm³/mol. The summed E-state index contributed by atoms with van der Waals surface area (Å²) in [6.07, 6.45) is 3.70. The SMILES string of the molecule is CCOC1CC(N(C)Cc2ccc(C(=O)O)cc2)C1(CC)CC. The van der Waals surface area contributed by atoms with Crippen LogP contribution < -0.4 is 0 Å². The summed E-state index contributed by atoms with van der Waals surface area (Å²) in [4.78, 5) is 13.3. The number of rotatable bonds is 8. The van der Waals surface area contributed by atoms with E-state index in [0.29, 0.717) is 17.7 Å².